The summed E-state index contributed by atoms with van der Waals surface area (Å²) >= 11 is 1.22. The summed E-state index contributed by atoms with van der Waals surface area (Å²) in [7, 11) is 0. The van der Waals surface area contributed by atoms with E-state index in [0.717, 1.165) is 4.88 Å². The van der Waals surface area contributed by atoms with Gasteiger partial charge in [-0.25, -0.2) is 4.98 Å². The van der Waals surface area contributed by atoms with Crippen LogP contribution in [0.1, 0.15) is 28.0 Å². The molecule has 0 amide bonds. The lowest BCUT2D eigenvalue weighted by molar-refractivity contribution is -0.147. The van der Waals surface area contributed by atoms with Gasteiger partial charge in [-0.1, -0.05) is 0 Å². The molecule has 1 fully saturated rings. The van der Waals surface area contributed by atoms with Crippen molar-refractivity contribution >= 4 is 17.1 Å². The average molecular weight is 238 g/mol. The zero-order chi connectivity index (χ0) is 11.6. The van der Waals surface area contributed by atoms with Crippen LogP contribution < -0.4 is 0 Å². The molecule has 1 aromatic heterocycles. The van der Waals surface area contributed by atoms with E-state index in [-0.39, 0.29) is 12.2 Å². The molecule has 84 valence electrons. The summed E-state index contributed by atoms with van der Waals surface area (Å²) < 4.78 is 10.9. The summed E-state index contributed by atoms with van der Waals surface area (Å²) in [5, 5.41) is 8.75. The lowest BCUT2D eigenvalue weighted by Gasteiger charge is -2.19. The Morgan fingerprint density at radius 3 is 3.00 bits per heavy atom. The monoisotopic (exact) mass is 238 g/mol. The van der Waals surface area contributed by atoms with Gasteiger partial charge in [-0.2, -0.15) is 5.26 Å². The van der Waals surface area contributed by atoms with Gasteiger partial charge in [0.25, 0.3) is 0 Å². The van der Waals surface area contributed by atoms with Crippen LogP contribution in [0.25, 0.3) is 0 Å². The van der Waals surface area contributed by atoms with Crippen molar-refractivity contribution in [1.82, 2.24) is 4.98 Å². The third kappa shape index (κ3) is 1.97. The lowest BCUT2D eigenvalue weighted by atomic mass is 10.3. The molecule has 0 atom stereocenters. The normalized spacial score (nSPS) is 18.2. The van der Waals surface area contributed by atoms with E-state index in [2.05, 4.69) is 4.98 Å². The second-order valence-corrected chi connectivity index (χ2v) is 4.46. The van der Waals surface area contributed by atoms with Gasteiger partial charge < -0.3 is 9.47 Å². The number of ketones is 1. The SMILES string of the molecule is CC1(c2cnc(C(=O)CC#N)s2)OCCO1. The Bertz CT molecular complexity index is 443. The highest BCUT2D eigenvalue weighted by molar-refractivity contribution is 7.13. The molecular weight excluding hydrogens is 228 g/mol. The predicted octanol–water partition coefficient (Wildman–Crippen LogP) is 1.46. The van der Waals surface area contributed by atoms with E-state index in [1.54, 1.807) is 13.1 Å². The maximum atomic E-state index is 11.4. The Morgan fingerprint density at radius 2 is 2.38 bits per heavy atom. The minimum atomic E-state index is -0.789. The lowest BCUT2D eigenvalue weighted by Crippen LogP contribution is -2.20. The molecule has 1 aliphatic rings. The summed E-state index contributed by atoms with van der Waals surface area (Å²) in [5.74, 6) is -1.05. The van der Waals surface area contributed by atoms with E-state index in [0.29, 0.717) is 18.2 Å². The first-order valence-corrected chi connectivity index (χ1v) is 5.62. The quantitative estimate of drug-likeness (QED) is 0.745. The van der Waals surface area contributed by atoms with Gasteiger partial charge in [0, 0.05) is 6.20 Å². The maximum absolute atomic E-state index is 11.4. The van der Waals surface area contributed by atoms with Crippen molar-refractivity contribution in [3.8, 4) is 6.07 Å². The Balaban J connectivity index is 2.19. The summed E-state index contributed by atoms with van der Waals surface area (Å²) in [6.07, 6.45) is 1.42. The van der Waals surface area contributed by atoms with Crippen molar-refractivity contribution in [2.75, 3.05) is 13.2 Å². The highest BCUT2D eigenvalue weighted by atomic mass is 32.1. The van der Waals surface area contributed by atoms with Crippen LogP contribution in [0.2, 0.25) is 0 Å². The van der Waals surface area contributed by atoms with E-state index in [4.69, 9.17) is 14.7 Å². The molecule has 0 radical (unpaired) electrons. The summed E-state index contributed by atoms with van der Waals surface area (Å²) in [6, 6.07) is 1.81. The average Bonchev–Trinajstić information content (AvgIpc) is 2.86. The zero-order valence-electron chi connectivity index (χ0n) is 8.73. The van der Waals surface area contributed by atoms with E-state index in [9.17, 15) is 4.79 Å². The van der Waals surface area contributed by atoms with Crippen molar-refractivity contribution in [2.45, 2.75) is 19.1 Å². The number of hydrogen-bond donors (Lipinski definition) is 0. The largest absolute Gasteiger partial charge is 0.343 e. The standard InChI is InChI=1S/C10H10N2O3S/c1-10(14-4-5-15-10)8-6-12-9(16-8)7(13)2-3-11/h6H,2,4-5H2,1H3. The number of nitrogens with zero attached hydrogens (tertiary/aromatic N) is 2. The van der Waals surface area contributed by atoms with Gasteiger partial charge >= 0.3 is 0 Å². The molecule has 0 aromatic carbocycles. The van der Waals surface area contributed by atoms with Crippen LogP contribution >= 0.6 is 11.3 Å². The molecule has 2 heterocycles. The van der Waals surface area contributed by atoms with Crippen molar-refractivity contribution in [3.63, 3.8) is 0 Å². The Morgan fingerprint density at radius 1 is 1.69 bits per heavy atom. The molecular formula is C10H10N2O3S. The fourth-order valence-electron chi connectivity index (χ4n) is 1.42. The maximum Gasteiger partial charge on any atom is 0.205 e. The molecule has 16 heavy (non-hydrogen) atoms. The molecule has 0 unspecified atom stereocenters. The van der Waals surface area contributed by atoms with Gasteiger partial charge in [0.05, 0.1) is 24.2 Å². The summed E-state index contributed by atoms with van der Waals surface area (Å²) in [4.78, 5) is 16.2. The summed E-state index contributed by atoms with van der Waals surface area (Å²) in [5.41, 5.74) is 0. The number of aromatic nitrogens is 1. The molecule has 0 aliphatic carbocycles. The fraction of sp³-hybridized carbons (Fsp3) is 0.500. The summed E-state index contributed by atoms with van der Waals surface area (Å²) in [6.45, 7) is 2.87. The van der Waals surface area contributed by atoms with Gasteiger partial charge in [-0.3, -0.25) is 4.79 Å². The molecule has 0 saturated carbocycles. The molecule has 0 spiro atoms. The van der Waals surface area contributed by atoms with E-state index < -0.39 is 5.79 Å². The molecule has 1 saturated heterocycles. The Kier molecular flexibility index (Phi) is 3.01. The van der Waals surface area contributed by atoms with Crippen molar-refractivity contribution in [2.24, 2.45) is 0 Å². The topological polar surface area (TPSA) is 72.2 Å². The number of hydrogen-bond acceptors (Lipinski definition) is 6. The van der Waals surface area contributed by atoms with Crippen LogP contribution in [0.4, 0.5) is 0 Å². The smallest absolute Gasteiger partial charge is 0.205 e. The second kappa shape index (κ2) is 4.29. The number of thiazole rings is 1. The molecule has 1 aromatic rings. The van der Waals surface area contributed by atoms with Crippen LogP contribution in [0.15, 0.2) is 6.20 Å². The Labute approximate surface area is 96.6 Å². The van der Waals surface area contributed by atoms with E-state index in [1.807, 2.05) is 6.07 Å². The first-order chi connectivity index (χ1) is 7.65. The first kappa shape index (κ1) is 11.2. The van der Waals surface area contributed by atoms with Crippen LogP contribution in [-0.4, -0.2) is 24.0 Å². The minimum Gasteiger partial charge on any atom is -0.343 e. The second-order valence-electron chi connectivity index (χ2n) is 3.43. The van der Waals surface area contributed by atoms with E-state index in [1.165, 1.54) is 11.3 Å². The van der Waals surface area contributed by atoms with Gasteiger partial charge in [0.1, 0.15) is 6.42 Å². The molecule has 0 bridgehead atoms. The van der Waals surface area contributed by atoms with E-state index >= 15 is 0 Å². The number of ether oxygens (including phenoxy) is 2. The number of carbonyl (C=O) groups is 1. The predicted molar refractivity (Wildman–Crippen MR) is 55.9 cm³/mol. The van der Waals surface area contributed by atoms with Gasteiger partial charge in [0.15, 0.2) is 5.01 Å². The highest BCUT2D eigenvalue weighted by Crippen LogP contribution is 2.34. The van der Waals surface area contributed by atoms with Gasteiger partial charge in [-0.05, 0) is 6.92 Å². The number of nitriles is 1. The van der Waals surface area contributed by atoms with Crippen LogP contribution in [0, 0.1) is 11.3 Å². The third-order valence-corrected chi connectivity index (χ3v) is 3.49. The van der Waals surface area contributed by atoms with Crippen LogP contribution in [0.3, 0.4) is 0 Å². The molecule has 6 heteroatoms. The minimum absolute atomic E-state index is 0.147. The number of Topliss-reactive ketones (excluding diaryl/α,β-unsaturated/α-hetero) is 1. The number of carbonyl (C=O) groups excluding carboxylic acids is 1. The zero-order valence-corrected chi connectivity index (χ0v) is 9.54. The first-order valence-electron chi connectivity index (χ1n) is 4.80. The number of rotatable bonds is 3. The molecule has 0 N–H and O–H groups in total. The van der Waals surface area contributed by atoms with Crippen LogP contribution in [0.5, 0.6) is 0 Å². The van der Waals surface area contributed by atoms with Crippen molar-refractivity contribution in [3.05, 3.63) is 16.1 Å². The third-order valence-electron chi connectivity index (χ3n) is 2.27. The van der Waals surface area contributed by atoms with Gasteiger partial charge in [-0.15, -0.1) is 11.3 Å². The van der Waals surface area contributed by atoms with Crippen molar-refractivity contribution in [1.29, 1.82) is 5.26 Å². The highest BCUT2D eigenvalue weighted by Gasteiger charge is 2.35. The van der Waals surface area contributed by atoms with Gasteiger partial charge in [0.2, 0.25) is 11.6 Å². The molecule has 2 rings (SSSR count). The Hall–Kier alpha value is -1.29. The van der Waals surface area contributed by atoms with Crippen LogP contribution in [-0.2, 0) is 15.3 Å². The fourth-order valence-corrected chi connectivity index (χ4v) is 2.33. The van der Waals surface area contributed by atoms with Crippen molar-refractivity contribution < 1.29 is 14.3 Å². The molecule has 1 aliphatic heterocycles. The molecule has 5 nitrogen and oxygen atoms in total.